The van der Waals surface area contributed by atoms with Gasteiger partial charge in [-0.2, -0.15) is 0 Å². The van der Waals surface area contributed by atoms with E-state index in [4.69, 9.17) is 0 Å². The van der Waals surface area contributed by atoms with E-state index in [1.807, 2.05) is 30.3 Å². The summed E-state index contributed by atoms with van der Waals surface area (Å²) >= 11 is 2.81. The Labute approximate surface area is 74.5 Å². The van der Waals surface area contributed by atoms with Crippen LogP contribution in [0.5, 0.6) is 0 Å². The van der Waals surface area contributed by atoms with Gasteiger partial charge in [0.25, 0.3) is 0 Å². The zero-order valence-corrected chi connectivity index (χ0v) is 7.96. The molecule has 0 aliphatic heterocycles. The maximum absolute atomic E-state index is 3.93. The fourth-order valence-electron chi connectivity index (χ4n) is 0.701. The first-order chi connectivity index (χ1) is 5.33. The van der Waals surface area contributed by atoms with Gasteiger partial charge in [0.1, 0.15) is 0 Å². The number of hydrogen-bond donors (Lipinski definition) is 1. The van der Waals surface area contributed by atoms with Gasteiger partial charge in [-0.15, -0.1) is 0 Å². The number of benzene rings is 1. The Morgan fingerprint density at radius 2 is 2.00 bits per heavy atom. The van der Waals surface area contributed by atoms with Crippen LogP contribution < -0.4 is 5.32 Å². The fraction of sp³-hybridized carbons (Fsp3) is 0.125. The van der Waals surface area contributed by atoms with Crippen molar-refractivity contribution in [1.82, 2.24) is 0 Å². The van der Waals surface area contributed by atoms with E-state index in [1.165, 1.54) is 0 Å². The first-order valence-corrected chi connectivity index (χ1v) is 4.14. The van der Waals surface area contributed by atoms with Crippen LogP contribution in [0.1, 0.15) is 0 Å². The van der Waals surface area contributed by atoms with E-state index in [0.29, 0.717) is 0 Å². The van der Waals surface area contributed by atoms with Crippen molar-refractivity contribution in [1.29, 1.82) is 0 Å². The molecule has 1 aromatic carbocycles. The molecule has 57 valence electrons. The first-order valence-electron chi connectivity index (χ1n) is 3.29. The van der Waals surface area contributed by atoms with E-state index in [2.05, 4.69) is 26.3 Å². The Bertz CT molecular complexity index is 244. The average molecular weight is 212 g/mol. The summed E-state index contributed by atoms with van der Waals surface area (Å²) in [6.45, 7) is 0. The fourth-order valence-corrected chi connectivity index (χ4v) is 0.948. The quantitative estimate of drug-likeness (QED) is 0.423. The average Bonchev–Trinajstić information content (AvgIpc) is 2.06. The molecule has 0 amide bonds. The molecule has 11 heavy (non-hydrogen) atoms. The number of nitrogens with one attached hydrogen (secondary N) is 1. The molecule has 0 bridgehead atoms. The molecule has 1 rings (SSSR count). The topological polar surface area (TPSA) is 24.4 Å². The number of hydrogen-bond acceptors (Lipinski definition) is 1. The van der Waals surface area contributed by atoms with E-state index in [1.54, 1.807) is 7.05 Å². The van der Waals surface area contributed by atoms with Gasteiger partial charge in [0.05, 0.1) is 0 Å². The van der Waals surface area contributed by atoms with Crippen LogP contribution in [0.4, 0.5) is 5.69 Å². The summed E-state index contributed by atoms with van der Waals surface area (Å²) in [5.74, 6) is 0. The Morgan fingerprint density at radius 3 is 2.55 bits per heavy atom. The van der Waals surface area contributed by atoms with Crippen LogP contribution in [0.3, 0.4) is 0 Å². The Morgan fingerprint density at radius 1 is 1.36 bits per heavy atom. The molecule has 0 atom stereocenters. The molecular weight excluding hydrogens is 203 g/mol. The number of amidine groups is 1. The maximum atomic E-state index is 3.93. The summed E-state index contributed by atoms with van der Waals surface area (Å²) in [6, 6.07) is 9.91. The van der Waals surface area contributed by atoms with Gasteiger partial charge in [0.15, 0.2) is 0 Å². The van der Waals surface area contributed by atoms with Crippen LogP contribution in [0.25, 0.3) is 0 Å². The van der Waals surface area contributed by atoms with Crippen molar-refractivity contribution in [2.24, 2.45) is 4.99 Å². The van der Waals surface area contributed by atoms with Crippen molar-refractivity contribution < 1.29 is 0 Å². The second-order valence-corrected chi connectivity index (χ2v) is 2.83. The molecule has 0 unspecified atom stereocenters. The van der Waals surface area contributed by atoms with Gasteiger partial charge in [-0.3, -0.25) is 0 Å². The van der Waals surface area contributed by atoms with Crippen LogP contribution >= 0.6 is 0 Å². The molecule has 1 radical (unpaired) electrons. The van der Waals surface area contributed by atoms with Gasteiger partial charge < -0.3 is 0 Å². The first kappa shape index (κ1) is 8.31. The van der Waals surface area contributed by atoms with Gasteiger partial charge in [0, 0.05) is 0 Å². The summed E-state index contributed by atoms with van der Waals surface area (Å²) in [6.07, 6.45) is 0. The third-order valence-electron chi connectivity index (χ3n) is 1.23. The second-order valence-electron chi connectivity index (χ2n) is 2.02. The van der Waals surface area contributed by atoms with Gasteiger partial charge in [-0.05, 0) is 0 Å². The molecule has 0 aliphatic carbocycles. The van der Waals surface area contributed by atoms with Crippen molar-refractivity contribution >= 4 is 26.4 Å². The van der Waals surface area contributed by atoms with Crippen LogP contribution in [0.2, 0.25) is 0 Å². The Hall–Kier alpha value is -0.791. The minimum absolute atomic E-state index is 0.802. The normalized spacial score (nSPS) is 11.2. The van der Waals surface area contributed by atoms with E-state index in [-0.39, 0.29) is 0 Å². The van der Waals surface area contributed by atoms with Gasteiger partial charge >= 0.3 is 74.1 Å². The third kappa shape index (κ3) is 2.74. The van der Waals surface area contributed by atoms with E-state index < -0.39 is 0 Å². The number of aliphatic imine (C=N–C) groups is 1. The number of para-hydroxylation sites is 1. The monoisotopic (exact) mass is 213 g/mol. The van der Waals surface area contributed by atoms with Crippen molar-refractivity contribution in [3.05, 3.63) is 30.3 Å². The minimum atomic E-state index is 0.802. The van der Waals surface area contributed by atoms with Crippen LogP contribution in [-0.4, -0.2) is 27.8 Å². The number of rotatable bonds is 1. The summed E-state index contributed by atoms with van der Waals surface area (Å²) in [5.41, 5.74) is 1.05. The van der Waals surface area contributed by atoms with Crippen molar-refractivity contribution in [3.8, 4) is 0 Å². The van der Waals surface area contributed by atoms with Gasteiger partial charge in [-0.1, -0.05) is 0 Å². The molecule has 0 fully saturated rings. The molecule has 2 nitrogen and oxygen atoms in total. The van der Waals surface area contributed by atoms with E-state index in [0.717, 1.165) is 10.4 Å². The van der Waals surface area contributed by atoms with Crippen molar-refractivity contribution in [2.45, 2.75) is 0 Å². The molecule has 1 N–H and O–H groups in total. The summed E-state index contributed by atoms with van der Waals surface area (Å²) in [5, 5.41) is 3.09. The van der Waals surface area contributed by atoms with Gasteiger partial charge in [-0.25, -0.2) is 0 Å². The second kappa shape index (κ2) is 4.16. The van der Waals surface area contributed by atoms with Crippen LogP contribution in [-0.2, 0) is 0 Å². The molecular formula is C8H9N2Se. The molecule has 0 saturated heterocycles. The summed E-state index contributed by atoms with van der Waals surface area (Å²) in [7, 11) is 1.74. The summed E-state index contributed by atoms with van der Waals surface area (Å²) in [4.78, 5) is 3.93. The predicted octanol–water partition coefficient (Wildman–Crippen LogP) is 1.25. The molecule has 0 saturated carbocycles. The predicted molar refractivity (Wildman–Crippen MR) is 49.2 cm³/mol. The number of anilines is 1. The number of nitrogens with zero attached hydrogens (tertiary/aromatic N) is 1. The standard InChI is InChI=1S/C8H9N2Se/c1-9-8(11)10-7-5-3-2-4-6-7/h2-6H,1H3,(H,9,10). The summed E-state index contributed by atoms with van der Waals surface area (Å²) < 4.78 is 0.802. The van der Waals surface area contributed by atoms with Crippen molar-refractivity contribution in [3.63, 3.8) is 0 Å². The molecule has 0 aliphatic rings. The molecule has 0 aromatic heterocycles. The van der Waals surface area contributed by atoms with Crippen molar-refractivity contribution in [2.75, 3.05) is 12.4 Å². The van der Waals surface area contributed by atoms with Crippen LogP contribution in [0, 0.1) is 0 Å². The molecule has 1 aromatic rings. The van der Waals surface area contributed by atoms with Crippen LogP contribution in [0.15, 0.2) is 35.3 Å². The molecule has 3 heteroatoms. The SMILES string of the molecule is CN=C([Se])Nc1ccccc1. The zero-order chi connectivity index (χ0) is 8.10. The Balaban J connectivity index is 2.65. The molecule has 0 heterocycles. The van der Waals surface area contributed by atoms with E-state index in [9.17, 15) is 0 Å². The third-order valence-corrected chi connectivity index (χ3v) is 1.83. The Kier molecular flexibility index (Phi) is 3.14. The zero-order valence-electron chi connectivity index (χ0n) is 6.24. The molecule has 0 spiro atoms. The van der Waals surface area contributed by atoms with E-state index >= 15 is 0 Å². The van der Waals surface area contributed by atoms with Gasteiger partial charge in [0.2, 0.25) is 0 Å².